The molecule has 3 N–H and O–H groups in total. The van der Waals surface area contributed by atoms with Gasteiger partial charge < -0.3 is 10.8 Å². The van der Waals surface area contributed by atoms with Gasteiger partial charge in [-0.1, -0.05) is 31.2 Å². The summed E-state index contributed by atoms with van der Waals surface area (Å²) in [6.07, 6.45) is 1.93. The number of rotatable bonds is 3. The number of hydrogen-bond donors (Lipinski definition) is 2. The first kappa shape index (κ1) is 14.8. The van der Waals surface area contributed by atoms with Crippen LogP contribution in [-0.4, -0.2) is 14.9 Å². The van der Waals surface area contributed by atoms with E-state index in [0.29, 0.717) is 12.8 Å². The van der Waals surface area contributed by atoms with Crippen LogP contribution in [0.3, 0.4) is 0 Å². The third kappa shape index (κ3) is 2.33. The zero-order chi connectivity index (χ0) is 15.2. The minimum atomic E-state index is -0.919. The molecule has 1 aromatic heterocycles. The smallest absolute Gasteiger partial charge is 0.0973 e. The standard InChI is InChI=1S/C16H20BrN3O/c1-3-13-15(17)14(20(2)19-13)9-16(21)8-12(18)10-6-4-5-7-11(10)16/h4-7,12,21H,3,8-9,18H2,1-2H3. The van der Waals surface area contributed by atoms with Gasteiger partial charge in [0.2, 0.25) is 0 Å². The Morgan fingerprint density at radius 1 is 1.48 bits per heavy atom. The summed E-state index contributed by atoms with van der Waals surface area (Å²) in [6, 6.07) is 7.81. The van der Waals surface area contributed by atoms with E-state index >= 15 is 0 Å². The molecule has 21 heavy (non-hydrogen) atoms. The van der Waals surface area contributed by atoms with E-state index in [0.717, 1.165) is 33.4 Å². The Labute approximate surface area is 133 Å². The van der Waals surface area contributed by atoms with Gasteiger partial charge in [0.15, 0.2) is 0 Å². The number of fused-ring (bicyclic) bond motifs is 1. The zero-order valence-corrected chi connectivity index (χ0v) is 13.9. The second-order valence-corrected chi connectivity index (χ2v) is 6.58. The van der Waals surface area contributed by atoms with Crippen LogP contribution in [0.15, 0.2) is 28.7 Å². The second kappa shape index (κ2) is 5.23. The van der Waals surface area contributed by atoms with Crippen LogP contribution in [0, 0.1) is 0 Å². The fourth-order valence-electron chi connectivity index (χ4n) is 3.28. The average molecular weight is 350 g/mol. The highest BCUT2D eigenvalue weighted by Gasteiger charge is 2.42. The molecule has 1 aliphatic rings. The third-order valence-corrected chi connectivity index (χ3v) is 5.30. The molecule has 0 spiro atoms. The highest BCUT2D eigenvalue weighted by Crippen LogP contribution is 2.44. The lowest BCUT2D eigenvalue weighted by Gasteiger charge is -2.24. The summed E-state index contributed by atoms with van der Waals surface area (Å²) < 4.78 is 2.85. The lowest BCUT2D eigenvalue weighted by molar-refractivity contribution is 0.0322. The topological polar surface area (TPSA) is 64.1 Å². The molecule has 2 aromatic rings. The molecule has 2 atom stereocenters. The molecule has 0 fully saturated rings. The summed E-state index contributed by atoms with van der Waals surface area (Å²) in [4.78, 5) is 0. The van der Waals surface area contributed by atoms with E-state index in [1.807, 2.05) is 36.0 Å². The molecule has 1 aliphatic carbocycles. The number of halogens is 1. The predicted molar refractivity (Wildman–Crippen MR) is 85.9 cm³/mol. The van der Waals surface area contributed by atoms with Crippen molar-refractivity contribution in [1.29, 1.82) is 0 Å². The van der Waals surface area contributed by atoms with Gasteiger partial charge in [-0.25, -0.2) is 0 Å². The van der Waals surface area contributed by atoms with E-state index < -0.39 is 5.60 Å². The molecule has 4 nitrogen and oxygen atoms in total. The van der Waals surface area contributed by atoms with Crippen LogP contribution in [-0.2, 0) is 25.5 Å². The predicted octanol–water partition coefficient (Wildman–Crippen LogP) is 2.58. The molecule has 0 bridgehead atoms. The van der Waals surface area contributed by atoms with Gasteiger partial charge in [-0.05, 0) is 39.9 Å². The highest BCUT2D eigenvalue weighted by atomic mass is 79.9. The number of hydrogen-bond acceptors (Lipinski definition) is 3. The van der Waals surface area contributed by atoms with Crippen LogP contribution in [0.1, 0.15) is 41.9 Å². The average Bonchev–Trinajstić information content (AvgIpc) is 2.88. The molecular formula is C16H20BrN3O. The molecule has 0 saturated heterocycles. The molecule has 2 unspecified atom stereocenters. The van der Waals surface area contributed by atoms with Crippen molar-refractivity contribution in [3.05, 3.63) is 51.3 Å². The molecule has 3 rings (SSSR count). The van der Waals surface area contributed by atoms with Crippen molar-refractivity contribution in [2.24, 2.45) is 12.8 Å². The number of aromatic nitrogens is 2. The summed E-state index contributed by atoms with van der Waals surface area (Å²) in [5, 5.41) is 15.7. The molecule has 5 heteroatoms. The van der Waals surface area contributed by atoms with E-state index in [2.05, 4.69) is 28.0 Å². The van der Waals surface area contributed by atoms with Crippen LogP contribution in [0.4, 0.5) is 0 Å². The molecule has 1 heterocycles. The van der Waals surface area contributed by atoms with E-state index in [9.17, 15) is 5.11 Å². The normalized spacial score (nSPS) is 24.3. The highest BCUT2D eigenvalue weighted by molar-refractivity contribution is 9.10. The Bertz CT molecular complexity index is 682. The van der Waals surface area contributed by atoms with E-state index in [1.54, 1.807) is 0 Å². The third-order valence-electron chi connectivity index (χ3n) is 4.38. The van der Waals surface area contributed by atoms with E-state index in [4.69, 9.17) is 5.73 Å². The first-order valence-corrected chi connectivity index (χ1v) is 8.03. The second-order valence-electron chi connectivity index (χ2n) is 5.79. The molecule has 0 saturated carbocycles. The Balaban J connectivity index is 2.01. The van der Waals surface area contributed by atoms with Crippen LogP contribution in [0.5, 0.6) is 0 Å². The van der Waals surface area contributed by atoms with E-state index in [1.165, 1.54) is 0 Å². The first-order valence-electron chi connectivity index (χ1n) is 7.24. The van der Waals surface area contributed by atoms with Gasteiger partial charge in [0.1, 0.15) is 0 Å². The molecular weight excluding hydrogens is 330 g/mol. The summed E-state index contributed by atoms with van der Waals surface area (Å²) in [5.74, 6) is 0. The van der Waals surface area contributed by atoms with Crippen molar-refractivity contribution >= 4 is 15.9 Å². The fraction of sp³-hybridized carbons (Fsp3) is 0.438. The minimum absolute atomic E-state index is 0.108. The van der Waals surface area contributed by atoms with Crippen LogP contribution in [0.2, 0.25) is 0 Å². The quantitative estimate of drug-likeness (QED) is 0.894. The maximum absolute atomic E-state index is 11.2. The number of aliphatic hydroxyl groups is 1. The zero-order valence-electron chi connectivity index (χ0n) is 12.3. The van der Waals surface area contributed by atoms with Crippen LogP contribution >= 0.6 is 15.9 Å². The van der Waals surface area contributed by atoms with Gasteiger partial charge in [-0.15, -0.1) is 0 Å². The van der Waals surface area contributed by atoms with Gasteiger partial charge in [0.25, 0.3) is 0 Å². The van der Waals surface area contributed by atoms with Crippen molar-refractivity contribution in [2.75, 3.05) is 0 Å². The Morgan fingerprint density at radius 3 is 2.86 bits per heavy atom. The van der Waals surface area contributed by atoms with Gasteiger partial charge >= 0.3 is 0 Å². The van der Waals surface area contributed by atoms with Crippen molar-refractivity contribution in [2.45, 2.75) is 37.8 Å². The van der Waals surface area contributed by atoms with Gasteiger partial charge in [-0.2, -0.15) is 5.10 Å². The van der Waals surface area contributed by atoms with E-state index in [-0.39, 0.29) is 6.04 Å². The molecule has 0 amide bonds. The summed E-state index contributed by atoms with van der Waals surface area (Å²) in [5.41, 5.74) is 9.30. The van der Waals surface area contributed by atoms with Crippen LogP contribution < -0.4 is 5.73 Å². The lowest BCUT2D eigenvalue weighted by Crippen LogP contribution is -2.27. The summed E-state index contributed by atoms with van der Waals surface area (Å²) in [7, 11) is 1.92. The van der Waals surface area contributed by atoms with Crippen molar-refractivity contribution < 1.29 is 5.11 Å². The number of benzene rings is 1. The maximum Gasteiger partial charge on any atom is 0.0973 e. The van der Waals surface area contributed by atoms with Crippen molar-refractivity contribution in [1.82, 2.24) is 9.78 Å². The maximum atomic E-state index is 11.2. The fourth-order valence-corrected chi connectivity index (χ4v) is 4.04. The Kier molecular flexibility index (Phi) is 3.67. The number of nitrogens with zero attached hydrogens (tertiary/aromatic N) is 2. The summed E-state index contributed by atoms with van der Waals surface area (Å²) >= 11 is 3.62. The first-order chi connectivity index (χ1) is 9.96. The van der Waals surface area contributed by atoms with Gasteiger partial charge in [-0.3, -0.25) is 4.68 Å². The van der Waals surface area contributed by atoms with Gasteiger partial charge in [0.05, 0.1) is 21.5 Å². The lowest BCUT2D eigenvalue weighted by atomic mass is 9.90. The molecule has 0 aliphatic heterocycles. The minimum Gasteiger partial charge on any atom is -0.385 e. The largest absolute Gasteiger partial charge is 0.385 e. The van der Waals surface area contributed by atoms with Crippen molar-refractivity contribution in [3.63, 3.8) is 0 Å². The molecule has 0 radical (unpaired) electrons. The molecule has 1 aromatic carbocycles. The number of nitrogens with two attached hydrogens (primary N) is 1. The monoisotopic (exact) mass is 349 g/mol. The Morgan fingerprint density at radius 2 is 2.19 bits per heavy atom. The SMILES string of the molecule is CCc1nn(C)c(CC2(O)CC(N)c3ccccc32)c1Br. The van der Waals surface area contributed by atoms with Crippen LogP contribution in [0.25, 0.3) is 0 Å². The number of aryl methyl sites for hydroxylation is 2. The summed E-state index contributed by atoms with van der Waals surface area (Å²) in [6.45, 7) is 2.08. The van der Waals surface area contributed by atoms with Gasteiger partial charge in [0, 0.05) is 19.5 Å². The Hall–Kier alpha value is -1.17. The van der Waals surface area contributed by atoms with Crippen molar-refractivity contribution in [3.8, 4) is 0 Å². The molecule has 112 valence electrons.